The summed E-state index contributed by atoms with van der Waals surface area (Å²) in [6.07, 6.45) is 1.10. The zero-order chi connectivity index (χ0) is 30.8. The number of carbonyl (C=O) groups excluding carboxylic acids is 2. The summed E-state index contributed by atoms with van der Waals surface area (Å²) in [5.41, 5.74) is 3.74. The molecule has 0 spiro atoms. The van der Waals surface area contributed by atoms with Gasteiger partial charge < -0.3 is 10.1 Å². The molecule has 6 rings (SSSR count). The van der Waals surface area contributed by atoms with E-state index < -0.39 is 11.7 Å². The average Bonchev–Trinajstić information content (AvgIpc) is 3.45. The Morgan fingerprint density at radius 2 is 1.66 bits per heavy atom. The Labute approximate surface area is 259 Å². The number of nitrogens with one attached hydrogen (secondary N) is 1. The van der Waals surface area contributed by atoms with Crippen LogP contribution >= 0.6 is 11.6 Å². The molecule has 0 saturated carbocycles. The van der Waals surface area contributed by atoms with E-state index in [2.05, 4.69) is 15.3 Å². The van der Waals surface area contributed by atoms with E-state index in [0.717, 1.165) is 33.2 Å². The van der Waals surface area contributed by atoms with Crippen molar-refractivity contribution in [2.75, 3.05) is 16.1 Å². The van der Waals surface area contributed by atoms with Crippen LogP contribution in [0.4, 0.5) is 27.7 Å². The summed E-state index contributed by atoms with van der Waals surface area (Å²) in [5, 5.41) is 8.72. The molecule has 2 heterocycles. The molecule has 0 bridgehead atoms. The van der Waals surface area contributed by atoms with Crippen LogP contribution in [0.1, 0.15) is 20.8 Å². The van der Waals surface area contributed by atoms with Crippen molar-refractivity contribution in [2.24, 2.45) is 0 Å². The number of halogens is 1. The number of carbonyl (C=O) groups is 2. The summed E-state index contributed by atoms with van der Waals surface area (Å²) < 4.78 is 6.82. The van der Waals surface area contributed by atoms with Crippen molar-refractivity contribution in [1.29, 1.82) is 0 Å². The fourth-order valence-corrected chi connectivity index (χ4v) is 4.94. The van der Waals surface area contributed by atoms with E-state index in [1.54, 1.807) is 12.3 Å². The average molecular weight is 605 g/mol. The molecule has 0 unspecified atom stereocenters. The monoisotopic (exact) mass is 604 g/mol. The van der Waals surface area contributed by atoms with Gasteiger partial charge in [0.1, 0.15) is 17.3 Å². The maximum absolute atomic E-state index is 12.8. The number of anilines is 4. The number of benzene rings is 4. The standard InChI is InChI=1S/C34H29ClN6O3/c1-34(2,3)44-33(43)41-29-17-16-26(19-23(29)21-36-41)40(25-12-5-4-6-13-25)32-27-14-7-8-15-28(27)38-31(39-32)22-10-9-11-24(18-22)37-30(42)20-35/h4-19,21H,20H2,1-3H3,(H,37,42). The van der Waals surface area contributed by atoms with Crippen molar-refractivity contribution in [1.82, 2.24) is 19.7 Å². The summed E-state index contributed by atoms with van der Waals surface area (Å²) in [6, 6.07) is 30.8. The summed E-state index contributed by atoms with van der Waals surface area (Å²) in [6.45, 7) is 5.46. The van der Waals surface area contributed by atoms with E-state index in [0.29, 0.717) is 22.8 Å². The number of rotatable bonds is 6. The van der Waals surface area contributed by atoms with Gasteiger partial charge in [-0.3, -0.25) is 9.69 Å². The van der Waals surface area contributed by atoms with Crippen LogP contribution in [0.25, 0.3) is 33.2 Å². The van der Waals surface area contributed by atoms with Crippen LogP contribution in [0.15, 0.2) is 103 Å². The highest BCUT2D eigenvalue weighted by Crippen LogP contribution is 2.39. The predicted molar refractivity (Wildman–Crippen MR) is 174 cm³/mol. The summed E-state index contributed by atoms with van der Waals surface area (Å²) in [5.74, 6) is 0.698. The number of alkyl halides is 1. The van der Waals surface area contributed by atoms with E-state index in [4.69, 9.17) is 26.3 Å². The maximum atomic E-state index is 12.8. The Hall–Kier alpha value is -5.28. The Morgan fingerprint density at radius 1 is 0.886 bits per heavy atom. The number of hydrogen-bond acceptors (Lipinski definition) is 7. The smallest absolute Gasteiger partial charge is 0.435 e. The van der Waals surface area contributed by atoms with Crippen molar-refractivity contribution >= 4 is 68.3 Å². The van der Waals surface area contributed by atoms with E-state index >= 15 is 0 Å². The van der Waals surface area contributed by atoms with E-state index in [1.807, 2.05) is 112 Å². The second kappa shape index (κ2) is 11.8. The number of fused-ring (bicyclic) bond motifs is 2. The topological polar surface area (TPSA) is 102 Å². The molecule has 44 heavy (non-hydrogen) atoms. The van der Waals surface area contributed by atoms with Crippen LogP contribution in [0.2, 0.25) is 0 Å². The molecule has 1 amide bonds. The highest BCUT2D eigenvalue weighted by atomic mass is 35.5. The maximum Gasteiger partial charge on any atom is 0.435 e. The number of nitrogens with zero attached hydrogens (tertiary/aromatic N) is 5. The Morgan fingerprint density at radius 3 is 2.43 bits per heavy atom. The van der Waals surface area contributed by atoms with Gasteiger partial charge in [-0.2, -0.15) is 9.78 Å². The van der Waals surface area contributed by atoms with E-state index in [1.165, 1.54) is 4.68 Å². The summed E-state index contributed by atoms with van der Waals surface area (Å²) in [7, 11) is 0. The van der Waals surface area contributed by atoms with Crippen LogP contribution in [0.3, 0.4) is 0 Å². The van der Waals surface area contributed by atoms with Gasteiger partial charge in [0.15, 0.2) is 5.82 Å². The van der Waals surface area contributed by atoms with Crippen molar-refractivity contribution < 1.29 is 14.3 Å². The minimum absolute atomic E-state index is 0.145. The second-order valence-electron chi connectivity index (χ2n) is 11.1. The molecule has 6 aromatic rings. The van der Waals surface area contributed by atoms with Crippen LogP contribution in [-0.4, -0.2) is 43.2 Å². The molecule has 0 aliphatic carbocycles. The van der Waals surface area contributed by atoms with Gasteiger partial charge in [0.25, 0.3) is 0 Å². The van der Waals surface area contributed by atoms with Gasteiger partial charge in [0.2, 0.25) is 5.91 Å². The summed E-state index contributed by atoms with van der Waals surface area (Å²) in [4.78, 5) is 36.8. The molecule has 2 aromatic heterocycles. The first-order valence-electron chi connectivity index (χ1n) is 14.0. The minimum Gasteiger partial charge on any atom is -0.442 e. The lowest BCUT2D eigenvalue weighted by atomic mass is 10.1. The highest BCUT2D eigenvalue weighted by molar-refractivity contribution is 6.29. The van der Waals surface area contributed by atoms with Gasteiger partial charge in [-0.15, -0.1) is 11.6 Å². The van der Waals surface area contributed by atoms with Gasteiger partial charge >= 0.3 is 6.09 Å². The SMILES string of the molecule is CC(C)(C)OC(=O)n1ncc2cc(N(c3ccccc3)c3nc(-c4cccc(NC(=O)CCl)c4)nc4ccccc34)ccc21. The highest BCUT2D eigenvalue weighted by Gasteiger charge is 2.23. The molecule has 0 atom stereocenters. The number of aromatic nitrogens is 4. The van der Waals surface area contributed by atoms with Crippen LogP contribution in [0, 0.1) is 0 Å². The van der Waals surface area contributed by atoms with Gasteiger partial charge in [-0.25, -0.2) is 14.8 Å². The van der Waals surface area contributed by atoms with Crippen LogP contribution < -0.4 is 10.2 Å². The molecule has 0 aliphatic heterocycles. The number of para-hydroxylation sites is 2. The first-order chi connectivity index (χ1) is 21.2. The van der Waals surface area contributed by atoms with Gasteiger partial charge in [-0.05, 0) is 75.4 Å². The molecule has 0 fully saturated rings. The molecular weight excluding hydrogens is 576 g/mol. The zero-order valence-corrected chi connectivity index (χ0v) is 25.1. The zero-order valence-electron chi connectivity index (χ0n) is 24.4. The van der Waals surface area contributed by atoms with Crippen molar-refractivity contribution in [2.45, 2.75) is 26.4 Å². The molecule has 0 saturated heterocycles. The molecule has 220 valence electrons. The predicted octanol–water partition coefficient (Wildman–Crippen LogP) is 8.08. The molecule has 1 N–H and O–H groups in total. The largest absolute Gasteiger partial charge is 0.442 e. The Balaban J connectivity index is 1.51. The van der Waals surface area contributed by atoms with E-state index in [-0.39, 0.29) is 11.8 Å². The second-order valence-corrected chi connectivity index (χ2v) is 11.4. The van der Waals surface area contributed by atoms with Crippen LogP contribution in [-0.2, 0) is 9.53 Å². The minimum atomic E-state index is -0.652. The molecule has 0 aliphatic rings. The lowest BCUT2D eigenvalue weighted by molar-refractivity contribution is -0.113. The quantitative estimate of drug-likeness (QED) is 0.192. The normalized spacial score (nSPS) is 11.5. The number of hydrogen-bond donors (Lipinski definition) is 1. The third kappa shape index (κ3) is 5.95. The molecular formula is C34H29ClN6O3. The van der Waals surface area contributed by atoms with Gasteiger partial charge in [-0.1, -0.05) is 42.5 Å². The third-order valence-corrected chi connectivity index (χ3v) is 6.95. The third-order valence-electron chi connectivity index (χ3n) is 6.71. The first-order valence-corrected chi connectivity index (χ1v) is 14.5. The number of amides is 1. The van der Waals surface area contributed by atoms with Gasteiger partial charge in [0.05, 0.1) is 17.2 Å². The summed E-state index contributed by atoms with van der Waals surface area (Å²) >= 11 is 5.70. The fourth-order valence-electron chi connectivity index (χ4n) is 4.87. The molecule has 0 radical (unpaired) electrons. The van der Waals surface area contributed by atoms with E-state index in [9.17, 15) is 9.59 Å². The van der Waals surface area contributed by atoms with Crippen LogP contribution in [0.5, 0.6) is 0 Å². The lowest BCUT2D eigenvalue weighted by Gasteiger charge is -2.26. The van der Waals surface area contributed by atoms with Crippen molar-refractivity contribution in [3.8, 4) is 11.4 Å². The number of ether oxygens (including phenoxy) is 1. The fraction of sp³-hybridized carbons (Fsp3) is 0.147. The Bertz CT molecular complexity index is 2000. The van der Waals surface area contributed by atoms with Crippen molar-refractivity contribution in [3.05, 3.63) is 103 Å². The van der Waals surface area contributed by atoms with Gasteiger partial charge in [0, 0.05) is 33.4 Å². The molecule has 9 nitrogen and oxygen atoms in total. The Kier molecular flexibility index (Phi) is 7.71. The lowest BCUT2D eigenvalue weighted by Crippen LogP contribution is -2.27. The molecule has 10 heteroatoms. The van der Waals surface area contributed by atoms with Crippen molar-refractivity contribution in [3.63, 3.8) is 0 Å². The molecule has 4 aromatic carbocycles. The first kappa shape index (κ1) is 28.8.